The summed E-state index contributed by atoms with van der Waals surface area (Å²) in [7, 11) is 1.47. The van der Waals surface area contributed by atoms with Crippen LogP contribution in [0.4, 0.5) is 0 Å². The molecule has 0 aliphatic rings. The number of nitrogens with one attached hydrogen (secondary N) is 2. The minimum absolute atomic E-state index is 0.324. The summed E-state index contributed by atoms with van der Waals surface area (Å²) in [5.74, 6) is -0.364. The van der Waals surface area contributed by atoms with E-state index in [0.717, 1.165) is 0 Å². The van der Waals surface area contributed by atoms with Gasteiger partial charge in [-0.3, -0.25) is 9.59 Å². The van der Waals surface area contributed by atoms with Crippen molar-refractivity contribution in [2.24, 2.45) is 0 Å². The van der Waals surface area contributed by atoms with Gasteiger partial charge in [-0.1, -0.05) is 12.1 Å². The van der Waals surface area contributed by atoms with E-state index >= 15 is 0 Å². The highest BCUT2D eigenvalue weighted by atomic mass is 32.2. The first-order valence-corrected chi connectivity index (χ1v) is 9.72. The number of amides is 1. The number of H-pyrrole nitrogens is 1. The lowest BCUT2D eigenvalue weighted by atomic mass is 10.1. The molecule has 8 heteroatoms. The Labute approximate surface area is 161 Å². The van der Waals surface area contributed by atoms with Gasteiger partial charge in [-0.05, 0) is 42.7 Å². The fourth-order valence-corrected chi connectivity index (χ4v) is 2.84. The van der Waals surface area contributed by atoms with E-state index in [0.29, 0.717) is 29.2 Å². The second-order valence-electron chi connectivity index (χ2n) is 5.62. The number of hydrogen-bond acceptors (Lipinski definition) is 6. The number of ketones is 1. The summed E-state index contributed by atoms with van der Waals surface area (Å²) >= 11 is 1.54. The first-order valence-electron chi connectivity index (χ1n) is 8.32. The highest BCUT2D eigenvalue weighted by Crippen LogP contribution is 2.17. The minimum atomic E-state index is -0.855. The monoisotopic (exact) mass is 390 g/mol. The Morgan fingerprint density at radius 3 is 2.63 bits per heavy atom. The molecule has 0 saturated heterocycles. The van der Waals surface area contributed by atoms with Crippen LogP contribution in [0, 0.1) is 0 Å². The van der Waals surface area contributed by atoms with Crippen molar-refractivity contribution in [3.05, 3.63) is 53.9 Å². The van der Waals surface area contributed by atoms with E-state index in [-0.39, 0.29) is 12.4 Å². The van der Waals surface area contributed by atoms with E-state index in [1.807, 2.05) is 6.26 Å². The van der Waals surface area contributed by atoms with Crippen LogP contribution in [0.5, 0.6) is 5.75 Å². The highest BCUT2D eigenvalue weighted by molar-refractivity contribution is 7.98. The fraction of sp³-hybridized carbons (Fsp3) is 0.316. The predicted octanol–water partition coefficient (Wildman–Crippen LogP) is 2.30. The van der Waals surface area contributed by atoms with Crippen molar-refractivity contribution in [3.8, 4) is 5.75 Å². The summed E-state index contributed by atoms with van der Waals surface area (Å²) in [6, 6.07) is 9.17. The molecule has 0 unspecified atom stereocenters. The highest BCUT2D eigenvalue weighted by Gasteiger charge is 2.24. The third-order valence-electron chi connectivity index (χ3n) is 3.80. The van der Waals surface area contributed by atoms with Gasteiger partial charge in [0.15, 0.2) is 6.61 Å². The number of ether oxygens (including phenoxy) is 2. The molecule has 0 aliphatic heterocycles. The molecule has 1 heterocycles. The first-order chi connectivity index (χ1) is 13.1. The van der Waals surface area contributed by atoms with E-state index in [2.05, 4.69) is 10.3 Å². The van der Waals surface area contributed by atoms with Crippen LogP contribution < -0.4 is 10.1 Å². The molecular weight excluding hydrogens is 368 g/mol. The molecule has 1 atom stereocenters. The van der Waals surface area contributed by atoms with E-state index in [1.165, 1.54) is 7.11 Å². The predicted molar refractivity (Wildman–Crippen MR) is 103 cm³/mol. The normalized spacial score (nSPS) is 11.5. The van der Waals surface area contributed by atoms with Gasteiger partial charge in [-0.25, -0.2) is 4.79 Å². The topological polar surface area (TPSA) is 97.5 Å². The molecule has 0 bridgehead atoms. The number of rotatable bonds is 10. The molecule has 0 spiro atoms. The molecule has 1 amide bonds. The zero-order valence-electron chi connectivity index (χ0n) is 15.2. The Morgan fingerprint density at radius 1 is 1.19 bits per heavy atom. The van der Waals surface area contributed by atoms with Crippen molar-refractivity contribution in [2.45, 2.75) is 12.5 Å². The van der Waals surface area contributed by atoms with Crippen molar-refractivity contribution in [1.82, 2.24) is 10.3 Å². The number of thioether (sulfide) groups is 1. The summed E-state index contributed by atoms with van der Waals surface area (Å²) in [5, 5.41) is 2.68. The second-order valence-corrected chi connectivity index (χ2v) is 6.61. The van der Waals surface area contributed by atoms with Crippen molar-refractivity contribution in [3.63, 3.8) is 0 Å². The number of carbonyl (C=O) groups excluding carboxylic acids is 3. The standard InChI is InChI=1S/C19H22N2O5S/c1-25-17-8-4-3-6-13(17)18(23)21-15(9-11-27-2)19(24)26-12-16(22)14-7-5-10-20-14/h3-8,10,15,20H,9,11-12H2,1-2H3,(H,21,23)/t15-/m1/s1. The van der Waals surface area contributed by atoms with Gasteiger partial charge in [0.25, 0.3) is 5.91 Å². The van der Waals surface area contributed by atoms with Crippen LogP contribution in [-0.4, -0.2) is 54.4 Å². The molecule has 2 rings (SSSR count). The van der Waals surface area contributed by atoms with Crippen LogP contribution in [0.2, 0.25) is 0 Å². The molecular formula is C19H22N2O5S. The summed E-state index contributed by atoms with van der Waals surface area (Å²) in [6.07, 6.45) is 3.90. The zero-order valence-corrected chi connectivity index (χ0v) is 16.0. The van der Waals surface area contributed by atoms with Gasteiger partial charge in [0.05, 0.1) is 18.4 Å². The van der Waals surface area contributed by atoms with Gasteiger partial charge in [0.2, 0.25) is 5.78 Å². The van der Waals surface area contributed by atoms with Crippen molar-refractivity contribution >= 4 is 29.4 Å². The lowest BCUT2D eigenvalue weighted by molar-refractivity contribution is -0.144. The third-order valence-corrected chi connectivity index (χ3v) is 4.44. The van der Waals surface area contributed by atoms with Crippen LogP contribution >= 0.6 is 11.8 Å². The Hall–Kier alpha value is -2.74. The number of hydrogen-bond donors (Lipinski definition) is 2. The number of Topliss-reactive ketones (excluding diaryl/α,β-unsaturated/α-hetero) is 1. The Kier molecular flexibility index (Phi) is 7.94. The average molecular weight is 390 g/mol. The van der Waals surface area contributed by atoms with Gasteiger partial charge >= 0.3 is 5.97 Å². The summed E-state index contributed by atoms with van der Waals surface area (Å²) in [4.78, 5) is 39.7. The number of esters is 1. The summed E-state index contributed by atoms with van der Waals surface area (Å²) < 4.78 is 10.3. The Morgan fingerprint density at radius 2 is 1.96 bits per heavy atom. The smallest absolute Gasteiger partial charge is 0.329 e. The molecule has 1 aromatic carbocycles. The molecule has 0 radical (unpaired) electrons. The molecule has 0 aliphatic carbocycles. The first kappa shape index (κ1) is 20.6. The molecule has 0 fully saturated rings. The van der Waals surface area contributed by atoms with Gasteiger partial charge in [0.1, 0.15) is 11.8 Å². The number of para-hydroxylation sites is 1. The molecule has 0 saturated carbocycles. The van der Waals surface area contributed by atoms with Crippen molar-refractivity contribution < 1.29 is 23.9 Å². The van der Waals surface area contributed by atoms with Crippen LogP contribution in [0.25, 0.3) is 0 Å². The van der Waals surface area contributed by atoms with Crippen LogP contribution in [0.15, 0.2) is 42.6 Å². The SMILES string of the molecule is COc1ccccc1C(=O)N[C@H](CCSC)C(=O)OCC(=O)c1ccc[nH]1. The average Bonchev–Trinajstić information content (AvgIpc) is 3.23. The minimum Gasteiger partial charge on any atom is -0.496 e. The number of aromatic amines is 1. The van der Waals surface area contributed by atoms with E-state index in [9.17, 15) is 14.4 Å². The van der Waals surface area contributed by atoms with Crippen LogP contribution in [-0.2, 0) is 9.53 Å². The lowest BCUT2D eigenvalue weighted by Crippen LogP contribution is -2.42. The maximum Gasteiger partial charge on any atom is 0.329 e. The molecule has 7 nitrogen and oxygen atoms in total. The van der Waals surface area contributed by atoms with Crippen LogP contribution in [0.1, 0.15) is 27.3 Å². The van der Waals surface area contributed by atoms with Gasteiger partial charge in [-0.2, -0.15) is 11.8 Å². The number of carbonyl (C=O) groups is 3. The summed E-state index contributed by atoms with van der Waals surface area (Å²) in [5.41, 5.74) is 0.686. The van der Waals surface area contributed by atoms with Gasteiger partial charge in [-0.15, -0.1) is 0 Å². The molecule has 2 aromatic rings. The number of benzene rings is 1. The van der Waals surface area contributed by atoms with Gasteiger partial charge in [0, 0.05) is 6.20 Å². The molecule has 2 N–H and O–H groups in total. The largest absolute Gasteiger partial charge is 0.496 e. The maximum absolute atomic E-state index is 12.5. The maximum atomic E-state index is 12.5. The molecule has 144 valence electrons. The van der Waals surface area contributed by atoms with Crippen LogP contribution in [0.3, 0.4) is 0 Å². The van der Waals surface area contributed by atoms with E-state index < -0.39 is 17.9 Å². The Balaban J connectivity index is 2.01. The fourth-order valence-electron chi connectivity index (χ4n) is 2.37. The second kappa shape index (κ2) is 10.4. The van der Waals surface area contributed by atoms with Crippen molar-refractivity contribution in [1.29, 1.82) is 0 Å². The Bertz CT molecular complexity index is 776. The lowest BCUT2D eigenvalue weighted by Gasteiger charge is -2.18. The van der Waals surface area contributed by atoms with Crippen molar-refractivity contribution in [2.75, 3.05) is 25.7 Å². The number of methoxy groups -OCH3 is 1. The van der Waals surface area contributed by atoms with E-state index in [4.69, 9.17) is 9.47 Å². The molecule has 27 heavy (non-hydrogen) atoms. The quantitative estimate of drug-likeness (QED) is 0.477. The van der Waals surface area contributed by atoms with E-state index in [1.54, 1.807) is 54.4 Å². The number of aromatic nitrogens is 1. The molecule has 1 aromatic heterocycles. The third kappa shape index (κ3) is 5.89. The summed E-state index contributed by atoms with van der Waals surface area (Å²) in [6.45, 7) is -0.389. The van der Waals surface area contributed by atoms with Gasteiger partial charge < -0.3 is 19.8 Å². The zero-order chi connectivity index (χ0) is 19.6.